The smallest absolute Gasteiger partial charge is 0.369 e. The van der Waals surface area contributed by atoms with Crippen molar-refractivity contribution in [1.29, 1.82) is 0 Å². The second kappa shape index (κ2) is 8.61. The van der Waals surface area contributed by atoms with E-state index in [0.29, 0.717) is 16.9 Å². The summed E-state index contributed by atoms with van der Waals surface area (Å²) in [5.41, 5.74) is 6.79. The summed E-state index contributed by atoms with van der Waals surface area (Å²) in [6, 6.07) is 10.2. The molecule has 0 spiro atoms. The molecule has 2 aromatic carbocycles. The predicted molar refractivity (Wildman–Crippen MR) is 120 cm³/mol. The number of rotatable bonds is 5. The summed E-state index contributed by atoms with van der Waals surface area (Å²) in [5, 5.41) is 0. The molecule has 9 heteroatoms. The molecule has 1 heterocycles. The molecule has 2 aliphatic rings. The van der Waals surface area contributed by atoms with Crippen LogP contribution >= 0.6 is 0 Å². The van der Waals surface area contributed by atoms with Crippen molar-refractivity contribution < 1.29 is 22.4 Å². The molecule has 4 rings (SSSR count). The van der Waals surface area contributed by atoms with Crippen LogP contribution in [-0.4, -0.2) is 55.7 Å². The van der Waals surface area contributed by atoms with E-state index in [1.807, 2.05) is 14.0 Å². The van der Waals surface area contributed by atoms with Crippen LogP contribution in [0.4, 0.5) is 34.6 Å². The van der Waals surface area contributed by atoms with Gasteiger partial charge < -0.3 is 15.5 Å². The second-order valence-corrected chi connectivity index (χ2v) is 9.00. The molecule has 33 heavy (non-hydrogen) atoms. The van der Waals surface area contributed by atoms with E-state index in [-0.39, 0.29) is 11.6 Å². The highest BCUT2D eigenvalue weighted by atomic mass is 19.4. The number of halogens is 4. The Kier molecular flexibility index (Phi) is 6.13. The van der Waals surface area contributed by atoms with E-state index in [9.17, 15) is 18.0 Å². The lowest BCUT2D eigenvalue weighted by atomic mass is 10.0. The van der Waals surface area contributed by atoms with E-state index in [2.05, 4.69) is 9.80 Å². The van der Waals surface area contributed by atoms with Crippen LogP contribution < -0.4 is 15.5 Å². The highest BCUT2D eigenvalue weighted by molar-refractivity contribution is 6.04. The summed E-state index contributed by atoms with van der Waals surface area (Å²) in [6.45, 7) is 5.28. The number of amides is 1. The number of nitrogens with two attached hydrogens (primary N) is 1. The molecular formula is C24H28F4N4O. The second-order valence-electron chi connectivity index (χ2n) is 9.00. The van der Waals surface area contributed by atoms with Crippen LogP contribution in [0.1, 0.15) is 31.2 Å². The minimum Gasteiger partial charge on any atom is -0.369 e. The Labute approximate surface area is 190 Å². The van der Waals surface area contributed by atoms with Crippen molar-refractivity contribution in [2.24, 2.45) is 5.73 Å². The lowest BCUT2D eigenvalue weighted by molar-refractivity contribution is -0.169. The van der Waals surface area contributed by atoms with Crippen LogP contribution in [0.5, 0.6) is 0 Å². The number of nitrogens with zero attached hydrogens (tertiary/aromatic N) is 3. The number of hydrogen-bond donors (Lipinski definition) is 1. The fourth-order valence-corrected chi connectivity index (χ4v) is 4.45. The molecule has 0 bridgehead atoms. The number of hydrogen-bond acceptors (Lipinski definition) is 4. The van der Waals surface area contributed by atoms with Gasteiger partial charge in [0.15, 0.2) is 0 Å². The lowest BCUT2D eigenvalue weighted by Gasteiger charge is -2.34. The van der Waals surface area contributed by atoms with Crippen LogP contribution in [0, 0.1) is 5.82 Å². The number of alkyl halides is 3. The zero-order valence-corrected chi connectivity index (χ0v) is 18.7. The average Bonchev–Trinajstić information content (AvgIpc) is 3.47. The van der Waals surface area contributed by atoms with Gasteiger partial charge >= 0.3 is 12.1 Å². The zero-order chi connectivity index (χ0) is 24.0. The number of anilines is 3. The van der Waals surface area contributed by atoms with Crippen LogP contribution in [0.2, 0.25) is 0 Å². The van der Waals surface area contributed by atoms with Crippen molar-refractivity contribution in [2.45, 2.75) is 37.4 Å². The largest absolute Gasteiger partial charge is 0.472 e. The number of carbonyl (C=O) groups is 1. The lowest BCUT2D eigenvalue weighted by Crippen LogP contribution is -2.44. The predicted octanol–water partition coefficient (Wildman–Crippen LogP) is 4.40. The summed E-state index contributed by atoms with van der Waals surface area (Å²) in [4.78, 5) is 17.0. The van der Waals surface area contributed by atoms with Crippen molar-refractivity contribution in [1.82, 2.24) is 4.90 Å². The summed E-state index contributed by atoms with van der Waals surface area (Å²) >= 11 is 0. The van der Waals surface area contributed by atoms with Gasteiger partial charge in [-0.1, -0.05) is 13.0 Å². The maximum atomic E-state index is 15.1. The van der Waals surface area contributed by atoms with Crippen molar-refractivity contribution in [3.63, 3.8) is 0 Å². The Morgan fingerprint density at radius 3 is 2.27 bits per heavy atom. The van der Waals surface area contributed by atoms with Gasteiger partial charge in [0.05, 0.1) is 5.69 Å². The number of likely N-dealkylation sites (N-methyl/N-ethyl adjacent to an activating group) is 1. The topological polar surface area (TPSA) is 52.8 Å². The third-order valence-electron chi connectivity index (χ3n) is 6.81. The molecule has 5 nitrogen and oxygen atoms in total. The normalized spacial score (nSPS) is 23.5. The third-order valence-corrected chi connectivity index (χ3v) is 6.81. The summed E-state index contributed by atoms with van der Waals surface area (Å²) in [6.07, 6.45) is -3.74. The molecule has 178 valence electrons. The molecule has 0 aromatic heterocycles. The van der Waals surface area contributed by atoms with Gasteiger partial charge in [0.25, 0.3) is 0 Å². The molecule has 1 aliphatic carbocycles. The maximum absolute atomic E-state index is 15.1. The first-order valence-electron chi connectivity index (χ1n) is 11.1. The fraction of sp³-hybridized carbons (Fsp3) is 0.458. The molecule has 2 fully saturated rings. The molecule has 2 N–H and O–H groups in total. The van der Waals surface area contributed by atoms with E-state index >= 15 is 4.39 Å². The third kappa shape index (κ3) is 4.70. The average molecular weight is 465 g/mol. The zero-order valence-electron chi connectivity index (χ0n) is 18.7. The first-order chi connectivity index (χ1) is 15.5. The van der Waals surface area contributed by atoms with Crippen LogP contribution in [-0.2, 0) is 4.79 Å². The van der Waals surface area contributed by atoms with E-state index in [1.165, 1.54) is 24.3 Å². The summed E-state index contributed by atoms with van der Waals surface area (Å²) in [5.74, 6) is -3.08. The Morgan fingerprint density at radius 2 is 1.76 bits per heavy atom. The van der Waals surface area contributed by atoms with Gasteiger partial charge in [-0.3, -0.25) is 9.69 Å². The van der Waals surface area contributed by atoms with Gasteiger partial charge in [0.1, 0.15) is 5.82 Å². The molecule has 1 amide bonds. The Bertz CT molecular complexity index is 1020. The van der Waals surface area contributed by atoms with Gasteiger partial charge in [-0.2, -0.15) is 13.2 Å². The minimum atomic E-state index is -5.16. The van der Waals surface area contributed by atoms with Gasteiger partial charge in [-0.15, -0.1) is 0 Å². The molecule has 1 saturated heterocycles. The fourth-order valence-electron chi connectivity index (χ4n) is 4.45. The first-order valence-corrected chi connectivity index (χ1v) is 11.1. The van der Waals surface area contributed by atoms with Gasteiger partial charge in [0.2, 0.25) is 0 Å². The van der Waals surface area contributed by atoms with E-state index in [4.69, 9.17) is 5.73 Å². The number of benzene rings is 2. The van der Waals surface area contributed by atoms with E-state index in [1.54, 1.807) is 18.2 Å². The standard InChI is InChI=1S/C24H28F4N4O/c1-3-23(29)15-19(23)16-4-9-21(20(25)14-16)32(22(33)24(26,27)28)18-7-5-17(6-8-18)31-12-10-30(2)11-13-31/h4-9,14,19H,3,10-13,15,29H2,1-2H3. The van der Waals surface area contributed by atoms with Crippen molar-refractivity contribution in [2.75, 3.05) is 43.0 Å². The first kappa shape index (κ1) is 23.5. The minimum absolute atomic E-state index is 0.0410. The molecule has 2 aromatic rings. The van der Waals surface area contributed by atoms with Crippen molar-refractivity contribution >= 4 is 23.0 Å². The molecule has 2 atom stereocenters. The molecule has 0 radical (unpaired) electrons. The summed E-state index contributed by atoms with van der Waals surface area (Å²) < 4.78 is 55.4. The Morgan fingerprint density at radius 1 is 1.12 bits per heavy atom. The highest BCUT2D eigenvalue weighted by Crippen LogP contribution is 2.52. The van der Waals surface area contributed by atoms with E-state index in [0.717, 1.165) is 38.3 Å². The SMILES string of the molecule is CCC1(N)CC1c1ccc(N(C(=O)C(F)(F)F)c2ccc(N3CCN(C)CC3)cc2)c(F)c1. The molecule has 1 saturated carbocycles. The Hall–Kier alpha value is -2.65. The monoisotopic (exact) mass is 464 g/mol. The van der Waals surface area contributed by atoms with Crippen LogP contribution in [0.3, 0.4) is 0 Å². The highest BCUT2D eigenvalue weighted by Gasteiger charge is 2.50. The van der Waals surface area contributed by atoms with Crippen LogP contribution in [0.25, 0.3) is 0 Å². The van der Waals surface area contributed by atoms with Gasteiger partial charge in [-0.05, 0) is 61.9 Å². The molecule has 2 unspecified atom stereocenters. The van der Waals surface area contributed by atoms with Crippen LogP contribution in [0.15, 0.2) is 42.5 Å². The summed E-state index contributed by atoms with van der Waals surface area (Å²) in [7, 11) is 2.03. The number of piperazine rings is 1. The molecular weight excluding hydrogens is 436 g/mol. The molecule has 1 aliphatic heterocycles. The number of carbonyl (C=O) groups excluding carboxylic acids is 1. The van der Waals surface area contributed by atoms with Crippen molar-refractivity contribution in [3.05, 3.63) is 53.8 Å². The van der Waals surface area contributed by atoms with Gasteiger partial charge in [-0.25, -0.2) is 4.39 Å². The quantitative estimate of drug-likeness (QED) is 0.667. The maximum Gasteiger partial charge on any atom is 0.472 e. The van der Waals surface area contributed by atoms with E-state index < -0.39 is 29.1 Å². The van der Waals surface area contributed by atoms with Gasteiger partial charge in [0, 0.05) is 49.0 Å². The van der Waals surface area contributed by atoms with Crippen molar-refractivity contribution in [3.8, 4) is 0 Å². The Balaban J connectivity index is 1.64.